The Bertz CT molecular complexity index is 456. The smallest absolute Gasteiger partial charge is 0.353 e. The van der Waals surface area contributed by atoms with E-state index in [0.29, 0.717) is 11.3 Å². The molecule has 0 fully saturated rings. The summed E-state index contributed by atoms with van der Waals surface area (Å²) in [5, 5.41) is 0.987. The summed E-state index contributed by atoms with van der Waals surface area (Å²) in [5.74, 6) is 0. The molecule has 0 atom stereocenters. The molecular formula is C5H7F2N3O3S2. The second kappa shape index (κ2) is 3.61. The summed E-state index contributed by atoms with van der Waals surface area (Å²) in [6, 6.07) is 0. The van der Waals surface area contributed by atoms with Gasteiger partial charge in [0.15, 0.2) is 0 Å². The lowest BCUT2D eigenvalue weighted by Gasteiger charge is -2.08. The Hall–Kier alpha value is -0.870. The van der Waals surface area contributed by atoms with Gasteiger partial charge in [-0.25, -0.2) is 0 Å². The molecule has 1 rings (SSSR count). The summed E-state index contributed by atoms with van der Waals surface area (Å²) < 4.78 is 55.0. The van der Waals surface area contributed by atoms with E-state index in [4.69, 9.17) is 4.55 Å². The third-order valence-corrected chi connectivity index (χ3v) is 3.50. The van der Waals surface area contributed by atoms with E-state index in [1.54, 1.807) is 0 Å². The number of hydrogen-bond acceptors (Lipinski definition) is 6. The molecule has 0 aliphatic rings. The average molecular weight is 259 g/mol. The molecule has 6 nitrogen and oxygen atoms in total. The van der Waals surface area contributed by atoms with Crippen LogP contribution in [0.1, 0.15) is 5.01 Å². The molecule has 1 aromatic rings. The van der Waals surface area contributed by atoms with Crippen LogP contribution < -0.4 is 4.90 Å². The highest BCUT2D eigenvalue weighted by molar-refractivity contribution is 7.86. The van der Waals surface area contributed by atoms with Crippen LogP contribution in [0.2, 0.25) is 0 Å². The Labute approximate surface area is 88.3 Å². The fraction of sp³-hybridized carbons (Fsp3) is 0.600. The van der Waals surface area contributed by atoms with Gasteiger partial charge in [0.1, 0.15) is 0 Å². The van der Waals surface area contributed by atoms with Crippen LogP contribution in [0.25, 0.3) is 0 Å². The molecule has 10 heteroatoms. The summed E-state index contributed by atoms with van der Waals surface area (Å²) in [6.07, 6.45) is 0. The van der Waals surface area contributed by atoms with Crippen molar-refractivity contribution in [3.8, 4) is 0 Å². The van der Waals surface area contributed by atoms with Gasteiger partial charge in [0, 0.05) is 14.1 Å². The predicted octanol–water partition coefficient (Wildman–Crippen LogP) is 0.541. The fourth-order valence-electron chi connectivity index (χ4n) is 0.624. The van der Waals surface area contributed by atoms with Crippen LogP contribution in [-0.2, 0) is 15.4 Å². The molecule has 0 unspecified atom stereocenters. The van der Waals surface area contributed by atoms with Gasteiger partial charge in [0.05, 0.1) is 0 Å². The average Bonchev–Trinajstić information content (AvgIpc) is 2.49. The van der Waals surface area contributed by atoms with Crippen molar-refractivity contribution >= 4 is 26.6 Å². The molecule has 0 aromatic carbocycles. The number of anilines is 1. The normalized spacial score (nSPS) is 12.9. The second-order valence-electron chi connectivity index (χ2n) is 2.78. The standard InChI is InChI=1S/C5H7F2N3O3S2/c1-10(2)4-9-8-3(14-4)5(6,7)15(11,12)13/h1-2H3,(H,11,12,13). The van der Waals surface area contributed by atoms with Crippen molar-refractivity contribution in [1.82, 2.24) is 10.2 Å². The van der Waals surface area contributed by atoms with Crippen LogP contribution in [0, 0.1) is 0 Å². The first kappa shape index (κ1) is 12.2. The maximum absolute atomic E-state index is 13.0. The largest absolute Gasteiger partial charge is 0.422 e. The van der Waals surface area contributed by atoms with Gasteiger partial charge in [-0.05, 0) is 0 Å². The summed E-state index contributed by atoms with van der Waals surface area (Å²) in [5.41, 5.74) is 0. The lowest BCUT2D eigenvalue weighted by atomic mass is 10.7. The Morgan fingerprint density at radius 2 is 1.93 bits per heavy atom. The summed E-state index contributed by atoms with van der Waals surface area (Å²) in [4.78, 5) is 1.39. The van der Waals surface area contributed by atoms with Gasteiger partial charge in [-0.3, -0.25) is 4.55 Å². The van der Waals surface area contributed by atoms with E-state index in [9.17, 15) is 17.2 Å². The predicted molar refractivity (Wildman–Crippen MR) is 49.7 cm³/mol. The van der Waals surface area contributed by atoms with E-state index in [1.165, 1.54) is 19.0 Å². The number of halogens is 2. The minimum Gasteiger partial charge on any atom is -0.353 e. The molecule has 0 aliphatic heterocycles. The van der Waals surface area contributed by atoms with E-state index >= 15 is 0 Å². The second-order valence-corrected chi connectivity index (χ2v) is 5.19. The van der Waals surface area contributed by atoms with Crippen LogP contribution in [0.3, 0.4) is 0 Å². The zero-order valence-corrected chi connectivity index (χ0v) is 9.31. The van der Waals surface area contributed by atoms with Crippen LogP contribution in [0.15, 0.2) is 0 Å². The third-order valence-electron chi connectivity index (χ3n) is 1.37. The van der Waals surface area contributed by atoms with Crippen molar-refractivity contribution in [2.24, 2.45) is 0 Å². The maximum Gasteiger partial charge on any atom is 0.422 e. The SMILES string of the molecule is CN(C)c1nnc(C(F)(F)S(=O)(=O)O)s1. The maximum atomic E-state index is 13.0. The van der Waals surface area contributed by atoms with Gasteiger partial charge in [0.2, 0.25) is 10.1 Å². The molecule has 1 aromatic heterocycles. The molecular weight excluding hydrogens is 252 g/mol. The zero-order valence-electron chi connectivity index (χ0n) is 7.68. The molecule has 0 aliphatic carbocycles. The molecule has 0 radical (unpaired) electrons. The molecule has 86 valence electrons. The van der Waals surface area contributed by atoms with Gasteiger partial charge in [-0.2, -0.15) is 17.2 Å². The molecule has 0 bridgehead atoms. The van der Waals surface area contributed by atoms with Crippen LogP contribution in [0.5, 0.6) is 0 Å². The molecule has 1 heterocycles. The quantitative estimate of drug-likeness (QED) is 0.798. The Morgan fingerprint density at radius 3 is 2.27 bits per heavy atom. The highest BCUT2D eigenvalue weighted by atomic mass is 32.2. The van der Waals surface area contributed by atoms with Gasteiger partial charge in [0.25, 0.3) is 0 Å². The van der Waals surface area contributed by atoms with E-state index in [0.717, 1.165) is 0 Å². The highest BCUT2D eigenvalue weighted by Gasteiger charge is 2.49. The topological polar surface area (TPSA) is 83.4 Å². The molecule has 0 amide bonds. The summed E-state index contributed by atoms with van der Waals surface area (Å²) >= 11 is 0.389. The molecule has 0 saturated heterocycles. The number of alkyl halides is 2. The van der Waals surface area contributed by atoms with E-state index < -0.39 is 20.4 Å². The van der Waals surface area contributed by atoms with E-state index in [-0.39, 0.29) is 5.13 Å². The lowest BCUT2D eigenvalue weighted by molar-refractivity contribution is 0.0779. The number of rotatable bonds is 3. The van der Waals surface area contributed by atoms with Gasteiger partial charge >= 0.3 is 15.4 Å². The Morgan fingerprint density at radius 1 is 1.40 bits per heavy atom. The van der Waals surface area contributed by atoms with Crippen molar-refractivity contribution in [2.45, 2.75) is 5.25 Å². The number of nitrogens with zero attached hydrogens (tertiary/aromatic N) is 3. The summed E-state index contributed by atoms with van der Waals surface area (Å²) in [6.45, 7) is 0. The molecule has 1 N–H and O–H groups in total. The Kier molecular flexibility index (Phi) is 2.94. The zero-order chi connectivity index (χ0) is 11.9. The first-order chi connectivity index (χ1) is 6.66. The van der Waals surface area contributed by atoms with Crippen LogP contribution in [0.4, 0.5) is 13.9 Å². The van der Waals surface area contributed by atoms with E-state index in [1.807, 2.05) is 0 Å². The first-order valence-electron chi connectivity index (χ1n) is 3.52. The minimum absolute atomic E-state index is 0.119. The number of hydrogen-bond donors (Lipinski definition) is 1. The van der Waals surface area contributed by atoms with Gasteiger partial charge < -0.3 is 4.90 Å². The van der Waals surface area contributed by atoms with Crippen LogP contribution in [-0.4, -0.2) is 37.3 Å². The number of aromatic nitrogens is 2. The third kappa shape index (κ3) is 2.21. The van der Waals surface area contributed by atoms with Gasteiger partial charge in [-0.15, -0.1) is 10.2 Å². The van der Waals surface area contributed by atoms with Crippen molar-refractivity contribution in [3.63, 3.8) is 0 Å². The summed E-state index contributed by atoms with van der Waals surface area (Å²) in [7, 11) is -2.44. The van der Waals surface area contributed by atoms with Crippen molar-refractivity contribution in [1.29, 1.82) is 0 Å². The van der Waals surface area contributed by atoms with E-state index in [2.05, 4.69) is 10.2 Å². The van der Waals surface area contributed by atoms with Gasteiger partial charge in [-0.1, -0.05) is 11.3 Å². The fourth-order valence-corrected chi connectivity index (χ4v) is 1.96. The molecule has 0 spiro atoms. The van der Waals surface area contributed by atoms with Crippen molar-refractivity contribution in [3.05, 3.63) is 5.01 Å². The Balaban J connectivity index is 3.17. The monoisotopic (exact) mass is 259 g/mol. The van der Waals surface area contributed by atoms with Crippen molar-refractivity contribution < 1.29 is 21.8 Å². The molecule has 0 saturated carbocycles. The first-order valence-corrected chi connectivity index (χ1v) is 5.78. The highest BCUT2D eigenvalue weighted by Crippen LogP contribution is 2.36. The minimum atomic E-state index is -5.51. The van der Waals surface area contributed by atoms with Crippen LogP contribution >= 0.6 is 11.3 Å². The lowest BCUT2D eigenvalue weighted by Crippen LogP contribution is -2.25. The van der Waals surface area contributed by atoms with Crippen molar-refractivity contribution in [2.75, 3.05) is 19.0 Å². The molecule has 15 heavy (non-hydrogen) atoms.